The van der Waals surface area contributed by atoms with Crippen molar-refractivity contribution in [2.75, 3.05) is 39.3 Å². The molecule has 1 aromatic rings. The number of carbonyl (C=O) groups is 1. The number of hydrogen-bond acceptors (Lipinski definition) is 5. The summed E-state index contributed by atoms with van der Waals surface area (Å²) < 4.78 is 17.2. The van der Waals surface area contributed by atoms with Gasteiger partial charge in [-0.2, -0.15) is 0 Å². The molecular weight excluding hydrogens is 308 g/mol. The van der Waals surface area contributed by atoms with Crippen molar-refractivity contribution in [3.05, 3.63) is 24.3 Å². The number of amides is 1. The fourth-order valence-corrected chi connectivity index (χ4v) is 2.88. The van der Waals surface area contributed by atoms with Crippen molar-refractivity contribution in [3.8, 4) is 11.5 Å². The second-order valence-electron chi connectivity index (χ2n) is 7.27. The molecule has 1 amide bonds. The fourth-order valence-electron chi connectivity index (χ4n) is 2.88. The van der Waals surface area contributed by atoms with E-state index in [9.17, 15) is 4.79 Å². The van der Waals surface area contributed by atoms with Gasteiger partial charge in [0, 0.05) is 32.7 Å². The maximum absolute atomic E-state index is 12.1. The van der Waals surface area contributed by atoms with E-state index in [0.29, 0.717) is 19.7 Å². The Morgan fingerprint density at radius 1 is 1.17 bits per heavy atom. The maximum Gasteiger partial charge on any atom is 0.410 e. The van der Waals surface area contributed by atoms with Crippen molar-refractivity contribution in [2.24, 2.45) is 0 Å². The van der Waals surface area contributed by atoms with Crippen molar-refractivity contribution in [2.45, 2.75) is 32.5 Å². The van der Waals surface area contributed by atoms with Gasteiger partial charge in [0.1, 0.15) is 18.3 Å². The minimum Gasteiger partial charge on any atom is -0.486 e. The molecule has 0 bridgehead atoms. The molecule has 6 heteroatoms. The van der Waals surface area contributed by atoms with Crippen LogP contribution in [0.2, 0.25) is 0 Å². The largest absolute Gasteiger partial charge is 0.486 e. The third-order valence-electron chi connectivity index (χ3n) is 4.05. The van der Waals surface area contributed by atoms with Crippen LogP contribution in [-0.4, -0.2) is 66.9 Å². The first-order chi connectivity index (χ1) is 11.4. The molecule has 1 saturated heterocycles. The molecule has 1 fully saturated rings. The van der Waals surface area contributed by atoms with Crippen LogP contribution in [0.1, 0.15) is 20.8 Å². The van der Waals surface area contributed by atoms with E-state index in [4.69, 9.17) is 14.2 Å². The van der Waals surface area contributed by atoms with Gasteiger partial charge in [-0.25, -0.2) is 4.79 Å². The zero-order chi connectivity index (χ0) is 17.2. The van der Waals surface area contributed by atoms with Crippen molar-refractivity contribution < 1.29 is 19.0 Å². The molecular formula is C18H26N2O4. The average Bonchev–Trinajstić information content (AvgIpc) is 2.54. The lowest BCUT2D eigenvalue weighted by Gasteiger charge is -2.37. The lowest BCUT2D eigenvalue weighted by molar-refractivity contribution is 0.00643. The quantitative estimate of drug-likeness (QED) is 0.831. The van der Waals surface area contributed by atoms with E-state index in [-0.39, 0.29) is 12.2 Å². The van der Waals surface area contributed by atoms with Gasteiger partial charge in [-0.15, -0.1) is 0 Å². The van der Waals surface area contributed by atoms with E-state index in [1.165, 1.54) is 0 Å². The summed E-state index contributed by atoms with van der Waals surface area (Å²) in [5.74, 6) is 1.62. The number of piperazine rings is 1. The molecule has 24 heavy (non-hydrogen) atoms. The summed E-state index contributed by atoms with van der Waals surface area (Å²) in [5, 5.41) is 0. The second kappa shape index (κ2) is 6.89. The molecule has 1 atom stereocenters. The maximum atomic E-state index is 12.1. The summed E-state index contributed by atoms with van der Waals surface area (Å²) in [7, 11) is 0. The van der Waals surface area contributed by atoms with Gasteiger partial charge in [0.2, 0.25) is 0 Å². The molecule has 2 aliphatic rings. The van der Waals surface area contributed by atoms with Gasteiger partial charge in [0.25, 0.3) is 0 Å². The van der Waals surface area contributed by atoms with Gasteiger partial charge in [-0.3, -0.25) is 4.90 Å². The smallest absolute Gasteiger partial charge is 0.410 e. The van der Waals surface area contributed by atoms with E-state index in [1.54, 1.807) is 4.90 Å². The van der Waals surface area contributed by atoms with E-state index in [2.05, 4.69) is 4.90 Å². The Morgan fingerprint density at radius 3 is 2.50 bits per heavy atom. The van der Waals surface area contributed by atoms with Gasteiger partial charge >= 0.3 is 6.09 Å². The fraction of sp³-hybridized carbons (Fsp3) is 0.611. The Labute approximate surface area is 143 Å². The summed E-state index contributed by atoms with van der Waals surface area (Å²) in [6.07, 6.45) is -0.207. The summed E-state index contributed by atoms with van der Waals surface area (Å²) in [6.45, 7) is 10.0. The van der Waals surface area contributed by atoms with Gasteiger partial charge in [0.15, 0.2) is 11.5 Å². The number of para-hydroxylation sites is 2. The van der Waals surface area contributed by atoms with Crippen molar-refractivity contribution in [1.82, 2.24) is 9.80 Å². The summed E-state index contributed by atoms with van der Waals surface area (Å²) in [5.41, 5.74) is -0.450. The van der Waals surface area contributed by atoms with Crippen LogP contribution in [0.15, 0.2) is 24.3 Å². The Bertz CT molecular complexity index is 577. The number of benzene rings is 1. The molecule has 6 nitrogen and oxygen atoms in total. The van der Waals surface area contributed by atoms with Gasteiger partial charge in [-0.1, -0.05) is 12.1 Å². The molecule has 2 aliphatic heterocycles. The molecule has 3 rings (SSSR count). The van der Waals surface area contributed by atoms with Crippen LogP contribution < -0.4 is 9.47 Å². The number of fused-ring (bicyclic) bond motifs is 1. The van der Waals surface area contributed by atoms with Crippen LogP contribution in [0.3, 0.4) is 0 Å². The lowest BCUT2D eigenvalue weighted by atomic mass is 10.2. The average molecular weight is 334 g/mol. The third-order valence-corrected chi connectivity index (χ3v) is 4.05. The molecule has 0 saturated carbocycles. The SMILES string of the molecule is CC(C)(C)OC(=O)N1CCN(CC2COc3ccccc3O2)CC1. The Morgan fingerprint density at radius 2 is 1.83 bits per heavy atom. The highest BCUT2D eigenvalue weighted by atomic mass is 16.6. The number of nitrogens with zero attached hydrogens (tertiary/aromatic N) is 2. The Hall–Kier alpha value is -1.95. The molecule has 0 aromatic heterocycles. The minimum atomic E-state index is -0.450. The Balaban J connectivity index is 1.46. The zero-order valence-corrected chi connectivity index (χ0v) is 14.7. The summed E-state index contributed by atoms with van der Waals surface area (Å²) in [4.78, 5) is 16.2. The van der Waals surface area contributed by atoms with E-state index in [0.717, 1.165) is 31.1 Å². The van der Waals surface area contributed by atoms with Crippen LogP contribution in [-0.2, 0) is 4.74 Å². The van der Waals surface area contributed by atoms with Gasteiger partial charge in [0.05, 0.1) is 0 Å². The first-order valence-electron chi connectivity index (χ1n) is 8.49. The zero-order valence-electron chi connectivity index (χ0n) is 14.7. The highest BCUT2D eigenvalue weighted by molar-refractivity contribution is 5.68. The standard InChI is InChI=1S/C18H26N2O4/c1-18(2,3)24-17(21)20-10-8-19(9-11-20)12-14-13-22-15-6-4-5-7-16(15)23-14/h4-7,14H,8-13H2,1-3H3. The normalized spacial score (nSPS) is 21.5. The molecule has 2 heterocycles. The number of hydrogen-bond donors (Lipinski definition) is 0. The Kier molecular flexibility index (Phi) is 4.85. The number of carbonyl (C=O) groups excluding carboxylic acids is 1. The van der Waals surface area contributed by atoms with E-state index in [1.807, 2.05) is 45.0 Å². The van der Waals surface area contributed by atoms with Crippen LogP contribution >= 0.6 is 0 Å². The number of ether oxygens (including phenoxy) is 3. The van der Waals surface area contributed by atoms with Crippen LogP contribution in [0, 0.1) is 0 Å². The molecule has 0 aliphatic carbocycles. The van der Waals surface area contributed by atoms with Gasteiger partial charge < -0.3 is 19.1 Å². The summed E-state index contributed by atoms with van der Waals surface area (Å²) in [6, 6.07) is 7.75. The predicted octanol–water partition coefficient (Wildman–Crippen LogP) is 2.38. The first kappa shape index (κ1) is 16.9. The van der Waals surface area contributed by atoms with Crippen LogP contribution in [0.4, 0.5) is 4.79 Å². The molecule has 1 aromatic carbocycles. The van der Waals surface area contributed by atoms with Gasteiger partial charge in [-0.05, 0) is 32.9 Å². The first-order valence-corrected chi connectivity index (χ1v) is 8.49. The highest BCUT2D eigenvalue weighted by Crippen LogP contribution is 2.31. The number of rotatable bonds is 2. The minimum absolute atomic E-state index is 0.0213. The van der Waals surface area contributed by atoms with Crippen molar-refractivity contribution in [1.29, 1.82) is 0 Å². The van der Waals surface area contributed by atoms with E-state index < -0.39 is 5.60 Å². The molecule has 0 spiro atoms. The van der Waals surface area contributed by atoms with Crippen LogP contribution in [0.25, 0.3) is 0 Å². The molecule has 132 valence electrons. The molecule has 0 N–H and O–H groups in total. The monoisotopic (exact) mass is 334 g/mol. The predicted molar refractivity (Wildman–Crippen MR) is 90.6 cm³/mol. The lowest BCUT2D eigenvalue weighted by Crippen LogP contribution is -2.52. The van der Waals surface area contributed by atoms with Crippen molar-refractivity contribution in [3.63, 3.8) is 0 Å². The van der Waals surface area contributed by atoms with Crippen LogP contribution in [0.5, 0.6) is 11.5 Å². The third kappa shape index (κ3) is 4.32. The second-order valence-corrected chi connectivity index (χ2v) is 7.27. The highest BCUT2D eigenvalue weighted by Gasteiger charge is 2.28. The topological polar surface area (TPSA) is 51.2 Å². The summed E-state index contributed by atoms with van der Waals surface area (Å²) >= 11 is 0. The molecule has 1 unspecified atom stereocenters. The van der Waals surface area contributed by atoms with E-state index >= 15 is 0 Å². The van der Waals surface area contributed by atoms with Crippen molar-refractivity contribution >= 4 is 6.09 Å². The molecule has 0 radical (unpaired) electrons.